The zero-order chi connectivity index (χ0) is 14.0. The standard InChI is InChI=1S/C12H14ClN3O3/c1-8-7-15(3-2-14-8)12(17)9-4-10(13)6-11(5-9)16(18)19/h4-6,8,14H,2-3,7H2,1H3. The van der Waals surface area contributed by atoms with Gasteiger partial charge in [0.1, 0.15) is 0 Å². The van der Waals surface area contributed by atoms with Gasteiger partial charge in [0.05, 0.1) is 4.92 Å². The van der Waals surface area contributed by atoms with Crippen molar-refractivity contribution in [1.82, 2.24) is 10.2 Å². The van der Waals surface area contributed by atoms with E-state index in [1.807, 2.05) is 6.92 Å². The molecule has 1 N–H and O–H groups in total. The second-order valence-corrected chi connectivity index (χ2v) is 5.00. The molecule has 1 atom stereocenters. The molecule has 19 heavy (non-hydrogen) atoms. The summed E-state index contributed by atoms with van der Waals surface area (Å²) in [5, 5.41) is 14.2. The number of nitro groups is 1. The van der Waals surface area contributed by atoms with Gasteiger partial charge in [0.25, 0.3) is 11.6 Å². The largest absolute Gasteiger partial charge is 0.336 e. The van der Waals surface area contributed by atoms with Crippen LogP contribution in [0.5, 0.6) is 0 Å². The molecule has 0 spiro atoms. The molecule has 0 bridgehead atoms. The van der Waals surface area contributed by atoms with E-state index in [2.05, 4.69) is 5.32 Å². The van der Waals surface area contributed by atoms with Gasteiger partial charge in [-0.2, -0.15) is 0 Å². The predicted octanol–water partition coefficient (Wildman–Crippen LogP) is 1.68. The van der Waals surface area contributed by atoms with Crippen molar-refractivity contribution in [3.63, 3.8) is 0 Å². The third-order valence-electron chi connectivity index (χ3n) is 3.00. The van der Waals surface area contributed by atoms with Gasteiger partial charge in [-0.25, -0.2) is 0 Å². The van der Waals surface area contributed by atoms with Crippen molar-refractivity contribution in [2.24, 2.45) is 0 Å². The van der Waals surface area contributed by atoms with Gasteiger partial charge >= 0.3 is 0 Å². The van der Waals surface area contributed by atoms with Crippen molar-refractivity contribution in [3.05, 3.63) is 38.9 Å². The van der Waals surface area contributed by atoms with Crippen LogP contribution in [0, 0.1) is 10.1 Å². The van der Waals surface area contributed by atoms with Crippen molar-refractivity contribution in [2.45, 2.75) is 13.0 Å². The Bertz CT molecular complexity index is 521. The highest BCUT2D eigenvalue weighted by atomic mass is 35.5. The Labute approximate surface area is 115 Å². The Morgan fingerprint density at radius 3 is 2.89 bits per heavy atom. The molecule has 7 heteroatoms. The van der Waals surface area contributed by atoms with Crippen LogP contribution in [-0.4, -0.2) is 41.4 Å². The average Bonchev–Trinajstić information content (AvgIpc) is 2.37. The van der Waals surface area contributed by atoms with Gasteiger partial charge in [0.15, 0.2) is 0 Å². The summed E-state index contributed by atoms with van der Waals surface area (Å²) in [7, 11) is 0. The van der Waals surface area contributed by atoms with E-state index in [0.29, 0.717) is 13.1 Å². The van der Waals surface area contributed by atoms with E-state index in [-0.39, 0.29) is 28.2 Å². The topological polar surface area (TPSA) is 75.5 Å². The first kappa shape index (κ1) is 13.8. The SMILES string of the molecule is CC1CN(C(=O)c2cc(Cl)cc([N+](=O)[O-])c2)CCN1. The van der Waals surface area contributed by atoms with Crippen LogP contribution in [0.4, 0.5) is 5.69 Å². The van der Waals surface area contributed by atoms with Crippen molar-refractivity contribution in [2.75, 3.05) is 19.6 Å². The fourth-order valence-corrected chi connectivity index (χ4v) is 2.33. The minimum absolute atomic E-state index is 0.168. The third kappa shape index (κ3) is 3.21. The summed E-state index contributed by atoms with van der Waals surface area (Å²) >= 11 is 5.82. The molecule has 1 aliphatic rings. The van der Waals surface area contributed by atoms with Gasteiger partial charge in [-0.1, -0.05) is 11.6 Å². The summed E-state index contributed by atoms with van der Waals surface area (Å²) in [4.78, 5) is 24.2. The monoisotopic (exact) mass is 283 g/mol. The second-order valence-electron chi connectivity index (χ2n) is 4.56. The first-order valence-corrected chi connectivity index (χ1v) is 6.33. The fraction of sp³-hybridized carbons (Fsp3) is 0.417. The number of nitro benzene ring substituents is 1. The molecule has 1 amide bonds. The maximum Gasteiger partial charge on any atom is 0.271 e. The van der Waals surface area contributed by atoms with Crippen LogP contribution in [0.1, 0.15) is 17.3 Å². The van der Waals surface area contributed by atoms with Gasteiger partial charge in [-0.15, -0.1) is 0 Å². The number of amides is 1. The van der Waals surface area contributed by atoms with Crippen LogP contribution in [0.15, 0.2) is 18.2 Å². The molecule has 0 saturated carbocycles. The zero-order valence-corrected chi connectivity index (χ0v) is 11.2. The fourth-order valence-electron chi connectivity index (χ4n) is 2.10. The van der Waals surface area contributed by atoms with E-state index in [1.165, 1.54) is 18.2 Å². The van der Waals surface area contributed by atoms with E-state index < -0.39 is 4.92 Å². The molecular formula is C12H14ClN3O3. The first-order chi connectivity index (χ1) is 8.97. The first-order valence-electron chi connectivity index (χ1n) is 5.95. The normalized spacial score (nSPS) is 19.3. The van der Waals surface area contributed by atoms with Crippen LogP contribution in [0.2, 0.25) is 5.02 Å². The van der Waals surface area contributed by atoms with Gasteiger partial charge in [-0.05, 0) is 13.0 Å². The van der Waals surface area contributed by atoms with Crippen LogP contribution in [0.25, 0.3) is 0 Å². The lowest BCUT2D eigenvalue weighted by Gasteiger charge is -2.31. The molecule has 1 unspecified atom stereocenters. The molecule has 6 nitrogen and oxygen atoms in total. The molecule has 102 valence electrons. The van der Waals surface area contributed by atoms with Crippen LogP contribution < -0.4 is 5.32 Å². The number of nitrogens with one attached hydrogen (secondary N) is 1. The highest BCUT2D eigenvalue weighted by Crippen LogP contribution is 2.22. The van der Waals surface area contributed by atoms with Crippen LogP contribution in [-0.2, 0) is 0 Å². The minimum Gasteiger partial charge on any atom is -0.336 e. The quantitative estimate of drug-likeness (QED) is 0.662. The molecule has 1 saturated heterocycles. The summed E-state index contributed by atoms with van der Waals surface area (Å²) < 4.78 is 0. The number of non-ortho nitro benzene ring substituents is 1. The predicted molar refractivity (Wildman–Crippen MR) is 71.5 cm³/mol. The molecule has 0 aliphatic carbocycles. The van der Waals surface area contributed by atoms with Crippen molar-refractivity contribution in [1.29, 1.82) is 0 Å². The smallest absolute Gasteiger partial charge is 0.271 e. The van der Waals surface area contributed by atoms with Crippen LogP contribution in [0.3, 0.4) is 0 Å². The summed E-state index contributed by atoms with van der Waals surface area (Å²) in [5.41, 5.74) is 0.0901. The molecule has 1 heterocycles. The Morgan fingerprint density at radius 2 is 2.26 bits per heavy atom. The van der Waals surface area contributed by atoms with Gasteiger partial charge < -0.3 is 10.2 Å². The molecule has 1 fully saturated rings. The number of carbonyl (C=O) groups is 1. The highest BCUT2D eigenvalue weighted by Gasteiger charge is 2.23. The lowest BCUT2D eigenvalue weighted by atomic mass is 10.1. The van der Waals surface area contributed by atoms with Gasteiger partial charge in [0, 0.05) is 48.4 Å². The summed E-state index contributed by atoms with van der Waals surface area (Å²) in [6.45, 7) is 3.87. The second kappa shape index (κ2) is 5.54. The Kier molecular flexibility index (Phi) is 4.01. The van der Waals surface area contributed by atoms with Gasteiger partial charge in [-0.3, -0.25) is 14.9 Å². The van der Waals surface area contributed by atoms with E-state index in [4.69, 9.17) is 11.6 Å². The summed E-state index contributed by atoms with van der Waals surface area (Å²) in [6, 6.07) is 4.18. The van der Waals surface area contributed by atoms with Crippen molar-refractivity contribution < 1.29 is 9.72 Å². The molecule has 1 aromatic carbocycles. The number of halogens is 1. The molecule has 0 radical (unpaired) electrons. The van der Waals surface area contributed by atoms with E-state index >= 15 is 0 Å². The average molecular weight is 284 g/mol. The molecule has 2 rings (SSSR count). The highest BCUT2D eigenvalue weighted by molar-refractivity contribution is 6.31. The Balaban J connectivity index is 2.25. The third-order valence-corrected chi connectivity index (χ3v) is 3.21. The molecule has 1 aromatic rings. The van der Waals surface area contributed by atoms with Gasteiger partial charge in [0.2, 0.25) is 0 Å². The lowest BCUT2D eigenvalue weighted by molar-refractivity contribution is -0.384. The van der Waals surface area contributed by atoms with E-state index in [0.717, 1.165) is 6.54 Å². The van der Waals surface area contributed by atoms with E-state index in [9.17, 15) is 14.9 Å². The molecular weight excluding hydrogens is 270 g/mol. The summed E-state index contributed by atoms with van der Waals surface area (Å²) in [5.74, 6) is -0.223. The minimum atomic E-state index is -0.553. The summed E-state index contributed by atoms with van der Waals surface area (Å²) in [6.07, 6.45) is 0. The number of hydrogen-bond acceptors (Lipinski definition) is 4. The van der Waals surface area contributed by atoms with E-state index in [1.54, 1.807) is 4.90 Å². The maximum atomic E-state index is 12.3. The number of rotatable bonds is 2. The Hall–Kier alpha value is -1.66. The number of nitrogens with zero attached hydrogens (tertiary/aromatic N) is 2. The van der Waals surface area contributed by atoms with Crippen LogP contribution >= 0.6 is 11.6 Å². The van der Waals surface area contributed by atoms with Crippen molar-refractivity contribution in [3.8, 4) is 0 Å². The number of hydrogen-bond donors (Lipinski definition) is 1. The molecule has 0 aromatic heterocycles. The number of carbonyl (C=O) groups excluding carboxylic acids is 1. The maximum absolute atomic E-state index is 12.3. The van der Waals surface area contributed by atoms with Crippen molar-refractivity contribution >= 4 is 23.2 Å². The Morgan fingerprint density at radius 1 is 1.53 bits per heavy atom. The lowest BCUT2D eigenvalue weighted by Crippen LogP contribution is -2.51. The number of piperazine rings is 1. The zero-order valence-electron chi connectivity index (χ0n) is 10.4. The molecule has 1 aliphatic heterocycles. The number of benzene rings is 1.